The van der Waals surface area contributed by atoms with E-state index in [-0.39, 0.29) is 5.78 Å². The Kier molecular flexibility index (Phi) is 3.68. The van der Waals surface area contributed by atoms with Gasteiger partial charge in [-0.2, -0.15) is 0 Å². The Bertz CT molecular complexity index is 585. The minimum atomic E-state index is 0.0157. The molecule has 0 fully saturated rings. The SMILES string of the molecule is Cc1ccc(C(=O)/C=C\c2cccnc2)cc1C. The molecule has 2 aromatic rings. The quantitative estimate of drug-likeness (QED) is 0.603. The third kappa shape index (κ3) is 2.92. The van der Waals surface area contributed by atoms with E-state index < -0.39 is 0 Å². The van der Waals surface area contributed by atoms with E-state index in [4.69, 9.17) is 0 Å². The van der Waals surface area contributed by atoms with Gasteiger partial charge in [0.15, 0.2) is 5.78 Å². The lowest BCUT2D eigenvalue weighted by Gasteiger charge is -2.01. The smallest absolute Gasteiger partial charge is 0.185 e. The van der Waals surface area contributed by atoms with Gasteiger partial charge < -0.3 is 0 Å². The van der Waals surface area contributed by atoms with Gasteiger partial charge in [0.2, 0.25) is 0 Å². The summed E-state index contributed by atoms with van der Waals surface area (Å²) in [6.07, 6.45) is 6.80. The third-order valence-electron chi connectivity index (χ3n) is 2.90. The highest BCUT2D eigenvalue weighted by molar-refractivity contribution is 6.06. The van der Waals surface area contributed by atoms with Crippen LogP contribution < -0.4 is 0 Å². The van der Waals surface area contributed by atoms with Crippen molar-refractivity contribution in [3.63, 3.8) is 0 Å². The zero-order valence-electron chi connectivity index (χ0n) is 10.6. The molecule has 0 bridgehead atoms. The Morgan fingerprint density at radius 2 is 2.00 bits per heavy atom. The van der Waals surface area contributed by atoms with Crippen molar-refractivity contribution >= 4 is 11.9 Å². The maximum Gasteiger partial charge on any atom is 0.185 e. The topological polar surface area (TPSA) is 30.0 Å². The van der Waals surface area contributed by atoms with E-state index in [0.29, 0.717) is 0 Å². The third-order valence-corrected chi connectivity index (χ3v) is 2.90. The number of ketones is 1. The van der Waals surface area contributed by atoms with Crippen LogP contribution in [0.4, 0.5) is 0 Å². The molecule has 90 valence electrons. The molecule has 0 aliphatic rings. The van der Waals surface area contributed by atoms with Crippen LogP contribution in [-0.4, -0.2) is 10.8 Å². The molecule has 0 amide bonds. The number of pyridine rings is 1. The molecule has 0 radical (unpaired) electrons. The molecule has 0 unspecified atom stereocenters. The van der Waals surface area contributed by atoms with Gasteiger partial charge in [0.25, 0.3) is 0 Å². The van der Waals surface area contributed by atoms with Crippen molar-refractivity contribution in [2.24, 2.45) is 0 Å². The highest BCUT2D eigenvalue weighted by atomic mass is 16.1. The lowest BCUT2D eigenvalue weighted by molar-refractivity contribution is 0.104. The van der Waals surface area contributed by atoms with Crippen LogP contribution in [0.1, 0.15) is 27.0 Å². The van der Waals surface area contributed by atoms with Crippen molar-refractivity contribution in [3.8, 4) is 0 Å². The fourth-order valence-electron chi connectivity index (χ4n) is 1.64. The monoisotopic (exact) mass is 237 g/mol. The maximum absolute atomic E-state index is 12.0. The molecule has 0 N–H and O–H groups in total. The lowest BCUT2D eigenvalue weighted by atomic mass is 10.0. The Labute approximate surface area is 107 Å². The second kappa shape index (κ2) is 5.41. The van der Waals surface area contributed by atoms with Gasteiger partial charge in [-0.1, -0.05) is 18.2 Å². The van der Waals surface area contributed by atoms with Crippen LogP contribution in [0.2, 0.25) is 0 Å². The van der Waals surface area contributed by atoms with Crippen molar-refractivity contribution in [2.75, 3.05) is 0 Å². The Morgan fingerprint density at radius 1 is 1.17 bits per heavy atom. The van der Waals surface area contributed by atoms with E-state index in [0.717, 1.165) is 16.7 Å². The summed E-state index contributed by atoms with van der Waals surface area (Å²) in [4.78, 5) is 16.0. The van der Waals surface area contributed by atoms with Crippen LogP contribution >= 0.6 is 0 Å². The van der Waals surface area contributed by atoms with Crippen molar-refractivity contribution in [1.29, 1.82) is 0 Å². The molecular formula is C16H15NO. The summed E-state index contributed by atoms with van der Waals surface area (Å²) in [5.74, 6) is 0.0157. The molecule has 0 saturated heterocycles. The Morgan fingerprint density at radius 3 is 2.67 bits per heavy atom. The number of aryl methyl sites for hydroxylation is 2. The summed E-state index contributed by atoms with van der Waals surface area (Å²) in [6.45, 7) is 4.05. The molecule has 0 atom stereocenters. The molecular weight excluding hydrogens is 222 g/mol. The summed E-state index contributed by atoms with van der Waals surface area (Å²) in [7, 11) is 0. The first-order chi connectivity index (χ1) is 8.66. The van der Waals surface area contributed by atoms with E-state index in [2.05, 4.69) is 4.98 Å². The molecule has 0 saturated carbocycles. The molecule has 2 heteroatoms. The minimum absolute atomic E-state index is 0.0157. The zero-order valence-corrected chi connectivity index (χ0v) is 10.6. The van der Waals surface area contributed by atoms with Crippen molar-refractivity contribution in [1.82, 2.24) is 4.98 Å². The molecule has 2 rings (SSSR count). The normalized spacial score (nSPS) is 10.8. The minimum Gasteiger partial charge on any atom is -0.289 e. The van der Waals surface area contributed by atoms with Crippen LogP contribution in [0.25, 0.3) is 6.08 Å². The van der Waals surface area contributed by atoms with Gasteiger partial charge in [0.05, 0.1) is 0 Å². The van der Waals surface area contributed by atoms with Crippen molar-refractivity contribution < 1.29 is 4.79 Å². The average Bonchev–Trinajstić information content (AvgIpc) is 2.40. The number of aromatic nitrogens is 1. The molecule has 0 aliphatic carbocycles. The molecule has 0 aliphatic heterocycles. The molecule has 18 heavy (non-hydrogen) atoms. The number of benzene rings is 1. The van der Waals surface area contributed by atoms with Gasteiger partial charge in [0.1, 0.15) is 0 Å². The number of carbonyl (C=O) groups excluding carboxylic acids is 1. The van der Waals surface area contributed by atoms with Gasteiger partial charge >= 0.3 is 0 Å². The van der Waals surface area contributed by atoms with E-state index in [1.165, 1.54) is 5.56 Å². The number of allylic oxidation sites excluding steroid dienone is 1. The fourth-order valence-corrected chi connectivity index (χ4v) is 1.64. The van der Waals surface area contributed by atoms with Crippen molar-refractivity contribution in [3.05, 3.63) is 71.1 Å². The summed E-state index contributed by atoms with van der Waals surface area (Å²) < 4.78 is 0. The average molecular weight is 237 g/mol. The lowest BCUT2D eigenvalue weighted by Crippen LogP contribution is -1.95. The fraction of sp³-hybridized carbons (Fsp3) is 0.125. The largest absolute Gasteiger partial charge is 0.289 e. The molecule has 0 spiro atoms. The van der Waals surface area contributed by atoms with Crippen LogP contribution in [0.15, 0.2) is 48.8 Å². The Hall–Kier alpha value is -2.22. The van der Waals surface area contributed by atoms with Crippen LogP contribution in [0, 0.1) is 13.8 Å². The van der Waals surface area contributed by atoms with Gasteiger partial charge in [-0.3, -0.25) is 9.78 Å². The van der Waals surface area contributed by atoms with Crippen LogP contribution in [0.5, 0.6) is 0 Å². The molecule has 1 heterocycles. The summed E-state index contributed by atoms with van der Waals surface area (Å²) in [5, 5.41) is 0. The first-order valence-electron chi connectivity index (χ1n) is 5.86. The second-order valence-corrected chi connectivity index (χ2v) is 4.28. The highest BCUT2D eigenvalue weighted by Gasteiger charge is 2.02. The number of rotatable bonds is 3. The summed E-state index contributed by atoms with van der Waals surface area (Å²) in [6, 6.07) is 9.52. The van der Waals surface area contributed by atoms with E-state index >= 15 is 0 Å². The van der Waals surface area contributed by atoms with Crippen LogP contribution in [-0.2, 0) is 0 Å². The standard InChI is InChI=1S/C16H15NO/c1-12-5-7-15(10-13(12)2)16(18)8-6-14-4-3-9-17-11-14/h3-11H,1-2H3/b8-6-. The number of nitrogens with zero attached hydrogens (tertiary/aromatic N) is 1. The summed E-state index contributed by atoms with van der Waals surface area (Å²) >= 11 is 0. The second-order valence-electron chi connectivity index (χ2n) is 4.28. The first kappa shape index (κ1) is 12.2. The van der Waals surface area contributed by atoms with Crippen molar-refractivity contribution in [2.45, 2.75) is 13.8 Å². The number of hydrogen-bond donors (Lipinski definition) is 0. The van der Waals surface area contributed by atoms with Gasteiger partial charge in [-0.25, -0.2) is 0 Å². The van der Waals surface area contributed by atoms with E-state index in [1.807, 2.05) is 44.2 Å². The highest BCUT2D eigenvalue weighted by Crippen LogP contribution is 2.11. The van der Waals surface area contributed by atoms with E-state index in [9.17, 15) is 4.79 Å². The molecule has 1 aromatic heterocycles. The predicted octanol–water partition coefficient (Wildman–Crippen LogP) is 3.59. The van der Waals surface area contributed by atoms with Gasteiger partial charge in [-0.05, 0) is 54.8 Å². The van der Waals surface area contributed by atoms with Gasteiger partial charge in [-0.15, -0.1) is 0 Å². The predicted molar refractivity (Wildman–Crippen MR) is 73.5 cm³/mol. The zero-order chi connectivity index (χ0) is 13.0. The number of hydrogen-bond acceptors (Lipinski definition) is 2. The molecule has 1 aromatic carbocycles. The number of carbonyl (C=O) groups is 1. The maximum atomic E-state index is 12.0. The van der Waals surface area contributed by atoms with E-state index in [1.54, 1.807) is 24.5 Å². The molecule has 2 nitrogen and oxygen atoms in total. The van der Waals surface area contributed by atoms with Crippen LogP contribution in [0.3, 0.4) is 0 Å². The summed E-state index contributed by atoms with van der Waals surface area (Å²) in [5.41, 5.74) is 3.98. The Balaban J connectivity index is 2.17. The first-order valence-corrected chi connectivity index (χ1v) is 5.86. The van der Waals surface area contributed by atoms with Gasteiger partial charge in [0, 0.05) is 18.0 Å².